The molecule has 1 aromatic carbocycles. The summed E-state index contributed by atoms with van der Waals surface area (Å²) >= 11 is 0. The molecule has 0 spiro atoms. The van der Waals surface area contributed by atoms with Crippen LogP contribution in [0, 0.1) is 0 Å². The SMILES string of the molecule is CCO[C@H](C)C(=O)N1CCN([C@H](C)c2nc(-c3ccccc3)no2)CC1. The molecule has 0 radical (unpaired) electrons. The lowest BCUT2D eigenvalue weighted by atomic mass is 10.2. The molecule has 2 atom stereocenters. The van der Waals surface area contributed by atoms with E-state index in [1.165, 1.54) is 0 Å². The lowest BCUT2D eigenvalue weighted by Gasteiger charge is -2.37. The van der Waals surface area contributed by atoms with Gasteiger partial charge in [-0.2, -0.15) is 4.98 Å². The Labute approximate surface area is 153 Å². The number of nitrogens with zero attached hydrogens (tertiary/aromatic N) is 4. The highest BCUT2D eigenvalue weighted by atomic mass is 16.5. The third-order valence-corrected chi connectivity index (χ3v) is 4.77. The summed E-state index contributed by atoms with van der Waals surface area (Å²) in [7, 11) is 0. The molecule has 0 aliphatic carbocycles. The number of aromatic nitrogens is 2. The van der Waals surface area contributed by atoms with Gasteiger partial charge in [0.1, 0.15) is 6.10 Å². The number of carbonyl (C=O) groups is 1. The highest BCUT2D eigenvalue weighted by molar-refractivity contribution is 5.80. The highest BCUT2D eigenvalue weighted by Gasteiger charge is 2.29. The molecule has 140 valence electrons. The normalized spacial score (nSPS) is 17.9. The van der Waals surface area contributed by atoms with Crippen LogP contribution in [-0.2, 0) is 9.53 Å². The van der Waals surface area contributed by atoms with Crippen molar-refractivity contribution < 1.29 is 14.1 Å². The molecule has 1 aromatic heterocycles. The minimum atomic E-state index is -0.381. The Kier molecular flexibility index (Phi) is 6.00. The van der Waals surface area contributed by atoms with E-state index in [1.807, 2.05) is 49.1 Å². The summed E-state index contributed by atoms with van der Waals surface area (Å²) in [5, 5.41) is 4.10. The summed E-state index contributed by atoms with van der Waals surface area (Å²) < 4.78 is 10.9. The van der Waals surface area contributed by atoms with Gasteiger partial charge in [0, 0.05) is 38.3 Å². The molecule has 2 aromatic rings. The average Bonchev–Trinajstić information content (AvgIpc) is 3.18. The van der Waals surface area contributed by atoms with Gasteiger partial charge in [-0.25, -0.2) is 0 Å². The fourth-order valence-electron chi connectivity index (χ4n) is 3.17. The Bertz CT molecular complexity index is 711. The summed E-state index contributed by atoms with van der Waals surface area (Å²) in [5.74, 6) is 1.27. The molecule has 0 saturated carbocycles. The Morgan fingerprint density at radius 2 is 1.88 bits per heavy atom. The van der Waals surface area contributed by atoms with Crippen molar-refractivity contribution in [1.29, 1.82) is 0 Å². The third-order valence-electron chi connectivity index (χ3n) is 4.77. The maximum atomic E-state index is 12.3. The third kappa shape index (κ3) is 4.11. The van der Waals surface area contributed by atoms with E-state index in [2.05, 4.69) is 22.0 Å². The van der Waals surface area contributed by atoms with Crippen molar-refractivity contribution in [2.24, 2.45) is 0 Å². The van der Waals surface area contributed by atoms with Crippen LogP contribution in [0.1, 0.15) is 32.7 Å². The number of benzene rings is 1. The van der Waals surface area contributed by atoms with Gasteiger partial charge in [-0.1, -0.05) is 35.5 Å². The van der Waals surface area contributed by atoms with Crippen LogP contribution in [0.15, 0.2) is 34.9 Å². The standard InChI is InChI=1S/C19H26N4O3/c1-4-25-15(3)19(24)23-12-10-22(11-13-23)14(2)18-20-17(21-26-18)16-8-6-5-7-9-16/h5-9,14-15H,4,10-13H2,1-3H3/t14-,15-/m1/s1. The van der Waals surface area contributed by atoms with E-state index in [-0.39, 0.29) is 18.1 Å². The lowest BCUT2D eigenvalue weighted by Crippen LogP contribution is -2.51. The molecule has 3 rings (SSSR count). The quantitative estimate of drug-likeness (QED) is 0.789. The Balaban J connectivity index is 1.58. The summed E-state index contributed by atoms with van der Waals surface area (Å²) in [4.78, 5) is 21.0. The molecule has 0 N–H and O–H groups in total. The van der Waals surface area contributed by atoms with E-state index in [0.29, 0.717) is 31.4 Å². The first-order valence-corrected chi connectivity index (χ1v) is 9.13. The fourth-order valence-corrected chi connectivity index (χ4v) is 3.17. The molecule has 1 amide bonds. The van der Waals surface area contributed by atoms with Crippen LogP contribution < -0.4 is 0 Å². The van der Waals surface area contributed by atoms with Crippen molar-refractivity contribution in [2.75, 3.05) is 32.8 Å². The van der Waals surface area contributed by atoms with E-state index in [1.54, 1.807) is 0 Å². The van der Waals surface area contributed by atoms with Crippen LogP contribution in [0.3, 0.4) is 0 Å². The first kappa shape index (κ1) is 18.5. The van der Waals surface area contributed by atoms with Crippen LogP contribution >= 0.6 is 0 Å². The van der Waals surface area contributed by atoms with Crippen LogP contribution in [0.5, 0.6) is 0 Å². The van der Waals surface area contributed by atoms with Crippen molar-refractivity contribution in [3.8, 4) is 11.4 Å². The van der Waals surface area contributed by atoms with Crippen LogP contribution in [-0.4, -0.2) is 64.7 Å². The molecule has 1 saturated heterocycles. The second-order valence-corrected chi connectivity index (χ2v) is 6.46. The van der Waals surface area contributed by atoms with Crippen molar-refractivity contribution in [1.82, 2.24) is 19.9 Å². The van der Waals surface area contributed by atoms with Gasteiger partial charge in [0.05, 0.1) is 6.04 Å². The molecular formula is C19H26N4O3. The van der Waals surface area contributed by atoms with Gasteiger partial charge in [-0.05, 0) is 20.8 Å². The minimum Gasteiger partial charge on any atom is -0.369 e. The van der Waals surface area contributed by atoms with Gasteiger partial charge >= 0.3 is 0 Å². The second kappa shape index (κ2) is 8.42. The Hall–Kier alpha value is -2.25. The Morgan fingerprint density at radius 1 is 1.19 bits per heavy atom. The van der Waals surface area contributed by atoms with E-state index in [4.69, 9.17) is 9.26 Å². The number of carbonyl (C=O) groups excluding carboxylic acids is 1. The summed E-state index contributed by atoms with van der Waals surface area (Å²) in [6.07, 6.45) is -0.381. The number of hydrogen-bond acceptors (Lipinski definition) is 6. The number of piperazine rings is 1. The van der Waals surface area contributed by atoms with Crippen LogP contribution in [0.25, 0.3) is 11.4 Å². The molecule has 1 fully saturated rings. The number of rotatable bonds is 6. The minimum absolute atomic E-state index is 0.0153. The maximum absolute atomic E-state index is 12.3. The van der Waals surface area contributed by atoms with Crippen LogP contribution in [0.4, 0.5) is 0 Å². The van der Waals surface area contributed by atoms with Crippen molar-refractivity contribution in [2.45, 2.75) is 32.9 Å². The molecule has 2 heterocycles. The summed E-state index contributed by atoms with van der Waals surface area (Å²) in [5.41, 5.74) is 0.940. The highest BCUT2D eigenvalue weighted by Crippen LogP contribution is 2.23. The summed E-state index contributed by atoms with van der Waals surface area (Å²) in [6.45, 7) is 9.22. The van der Waals surface area contributed by atoms with Gasteiger partial charge in [0.25, 0.3) is 5.91 Å². The molecule has 26 heavy (non-hydrogen) atoms. The van der Waals surface area contributed by atoms with Gasteiger partial charge in [0.15, 0.2) is 0 Å². The first-order chi connectivity index (χ1) is 12.6. The van der Waals surface area contributed by atoms with E-state index < -0.39 is 0 Å². The molecule has 7 nitrogen and oxygen atoms in total. The van der Waals surface area contributed by atoms with Crippen molar-refractivity contribution >= 4 is 5.91 Å². The molecular weight excluding hydrogens is 332 g/mol. The number of ether oxygens (including phenoxy) is 1. The van der Waals surface area contributed by atoms with Gasteiger partial charge in [-0.3, -0.25) is 9.69 Å². The van der Waals surface area contributed by atoms with Crippen molar-refractivity contribution in [3.05, 3.63) is 36.2 Å². The number of amides is 1. The predicted octanol–water partition coefficient (Wildman–Crippen LogP) is 2.37. The smallest absolute Gasteiger partial charge is 0.251 e. The fraction of sp³-hybridized carbons (Fsp3) is 0.526. The molecule has 0 bridgehead atoms. The topological polar surface area (TPSA) is 71.7 Å². The largest absolute Gasteiger partial charge is 0.369 e. The molecule has 0 unspecified atom stereocenters. The first-order valence-electron chi connectivity index (χ1n) is 9.13. The van der Waals surface area contributed by atoms with Gasteiger partial charge in [-0.15, -0.1) is 0 Å². The zero-order valence-corrected chi connectivity index (χ0v) is 15.6. The van der Waals surface area contributed by atoms with E-state index in [9.17, 15) is 4.79 Å². The van der Waals surface area contributed by atoms with Gasteiger partial charge in [0.2, 0.25) is 11.7 Å². The van der Waals surface area contributed by atoms with Crippen molar-refractivity contribution in [3.63, 3.8) is 0 Å². The zero-order chi connectivity index (χ0) is 18.5. The lowest BCUT2D eigenvalue weighted by molar-refractivity contribution is -0.144. The zero-order valence-electron chi connectivity index (χ0n) is 15.6. The summed E-state index contributed by atoms with van der Waals surface area (Å²) in [6, 6.07) is 9.80. The van der Waals surface area contributed by atoms with E-state index in [0.717, 1.165) is 18.7 Å². The maximum Gasteiger partial charge on any atom is 0.251 e. The predicted molar refractivity (Wildman–Crippen MR) is 97.4 cm³/mol. The Morgan fingerprint density at radius 3 is 2.54 bits per heavy atom. The second-order valence-electron chi connectivity index (χ2n) is 6.46. The monoisotopic (exact) mass is 358 g/mol. The average molecular weight is 358 g/mol. The van der Waals surface area contributed by atoms with E-state index >= 15 is 0 Å². The molecule has 7 heteroatoms. The van der Waals surface area contributed by atoms with Gasteiger partial charge < -0.3 is 14.2 Å². The van der Waals surface area contributed by atoms with Crippen LogP contribution in [0.2, 0.25) is 0 Å². The number of hydrogen-bond donors (Lipinski definition) is 0. The molecule has 1 aliphatic rings. The molecule has 1 aliphatic heterocycles.